The molecule has 0 unspecified atom stereocenters. The summed E-state index contributed by atoms with van der Waals surface area (Å²) in [4.78, 5) is 27.6. The molecular weight excluding hydrogens is 485 g/mol. The van der Waals surface area contributed by atoms with Gasteiger partial charge < -0.3 is 14.2 Å². The number of benzene rings is 2. The topological polar surface area (TPSA) is 74.2 Å². The molecule has 0 atom stereocenters. The highest BCUT2D eigenvalue weighted by Gasteiger charge is 2.24. The zero-order valence-corrected chi connectivity index (χ0v) is 17.2. The summed E-state index contributed by atoms with van der Waals surface area (Å²) in [5, 5.41) is 0.171. The van der Waals surface area contributed by atoms with Gasteiger partial charge in [-0.3, -0.25) is 4.79 Å². The van der Waals surface area contributed by atoms with E-state index in [2.05, 4.69) is 27.6 Å². The van der Waals surface area contributed by atoms with Gasteiger partial charge in [-0.2, -0.15) is 0 Å². The Kier molecular flexibility index (Phi) is 5.81. The maximum atomic E-state index is 12.1. The van der Waals surface area contributed by atoms with E-state index in [9.17, 15) is 9.59 Å². The summed E-state index contributed by atoms with van der Waals surface area (Å²) in [6.07, 6.45) is 1.52. The smallest absolute Gasteiger partial charge is 0.363 e. The third-order valence-corrected chi connectivity index (χ3v) is 4.51. The van der Waals surface area contributed by atoms with Crippen LogP contribution in [0.5, 0.6) is 11.5 Å². The average Bonchev–Trinajstić information content (AvgIpc) is 2.98. The molecule has 0 saturated carbocycles. The first-order valence-electron chi connectivity index (χ1n) is 7.72. The van der Waals surface area contributed by atoms with Crippen molar-refractivity contribution in [3.63, 3.8) is 0 Å². The molecule has 6 nitrogen and oxygen atoms in total. The Balaban J connectivity index is 1.96. The number of esters is 2. The average molecular weight is 498 g/mol. The summed E-state index contributed by atoms with van der Waals surface area (Å²) in [5.41, 5.74) is 1.38. The Bertz CT molecular complexity index is 982. The molecule has 3 rings (SSSR count). The van der Waals surface area contributed by atoms with Crippen LogP contribution in [0.3, 0.4) is 0 Å². The van der Waals surface area contributed by atoms with Crippen molar-refractivity contribution in [2.45, 2.75) is 6.92 Å². The van der Waals surface area contributed by atoms with E-state index in [-0.39, 0.29) is 28.1 Å². The van der Waals surface area contributed by atoms with Gasteiger partial charge in [0, 0.05) is 16.1 Å². The summed E-state index contributed by atoms with van der Waals surface area (Å²) in [7, 11) is 1.42. The monoisotopic (exact) mass is 497 g/mol. The van der Waals surface area contributed by atoms with Crippen molar-refractivity contribution >= 4 is 58.1 Å². The third-order valence-electron chi connectivity index (χ3n) is 3.51. The molecule has 2 aromatic rings. The number of hydrogen-bond acceptors (Lipinski definition) is 6. The minimum Gasteiger partial charge on any atom is -0.493 e. The predicted octanol–water partition coefficient (Wildman–Crippen LogP) is 4.22. The molecule has 1 aliphatic rings. The van der Waals surface area contributed by atoms with Gasteiger partial charge in [-0.05, 0) is 70.6 Å². The van der Waals surface area contributed by atoms with Crippen LogP contribution in [-0.2, 0) is 14.3 Å². The first-order chi connectivity index (χ1) is 12.9. The highest BCUT2D eigenvalue weighted by atomic mass is 127. The molecule has 0 amide bonds. The molecule has 0 saturated heterocycles. The number of hydrogen-bond donors (Lipinski definition) is 0. The number of rotatable bonds is 4. The molecule has 1 heterocycles. The van der Waals surface area contributed by atoms with Gasteiger partial charge in [0.05, 0.1) is 12.1 Å². The Morgan fingerprint density at radius 3 is 2.59 bits per heavy atom. The lowest BCUT2D eigenvalue weighted by Gasteiger charge is -2.10. The third kappa shape index (κ3) is 4.48. The Labute approximate surface area is 173 Å². The van der Waals surface area contributed by atoms with Crippen LogP contribution in [0.1, 0.15) is 18.1 Å². The number of cyclic esters (lactones) is 1. The summed E-state index contributed by atoms with van der Waals surface area (Å²) < 4.78 is 16.6. The van der Waals surface area contributed by atoms with Gasteiger partial charge in [0.15, 0.2) is 17.2 Å². The maximum absolute atomic E-state index is 12.1. The van der Waals surface area contributed by atoms with Crippen molar-refractivity contribution in [3.05, 3.63) is 61.8 Å². The number of nitrogens with zero attached hydrogens (tertiary/aromatic N) is 1. The predicted molar refractivity (Wildman–Crippen MR) is 109 cm³/mol. The van der Waals surface area contributed by atoms with Crippen LogP contribution < -0.4 is 9.47 Å². The van der Waals surface area contributed by atoms with Crippen LogP contribution in [0.15, 0.2) is 47.1 Å². The molecule has 1 aliphatic heterocycles. The van der Waals surface area contributed by atoms with Gasteiger partial charge in [-0.15, -0.1) is 0 Å². The number of aliphatic imine (C=N–C) groups is 1. The largest absolute Gasteiger partial charge is 0.493 e. The summed E-state index contributed by atoms with van der Waals surface area (Å²) in [5.74, 6) is -0.476. The van der Waals surface area contributed by atoms with Crippen molar-refractivity contribution in [3.8, 4) is 11.5 Å². The lowest BCUT2D eigenvalue weighted by atomic mass is 10.1. The van der Waals surface area contributed by atoms with Crippen LogP contribution in [0.4, 0.5) is 0 Å². The van der Waals surface area contributed by atoms with Crippen LogP contribution in [-0.4, -0.2) is 24.9 Å². The van der Waals surface area contributed by atoms with Crippen LogP contribution >= 0.6 is 34.2 Å². The SMILES string of the molecule is COc1cc(/C=C2\N=C(c3ccc(I)cc3)OC2=O)cc(Cl)c1OC(C)=O. The standard InChI is InChI=1S/C19H13ClINO5/c1-10(23)26-17-14(20)7-11(9-16(17)25-2)8-15-19(24)27-18(22-15)12-3-5-13(21)6-4-12/h3-9H,1-2H3/b15-8-. The van der Waals surface area contributed by atoms with Crippen molar-refractivity contribution in [1.29, 1.82) is 0 Å². The van der Waals surface area contributed by atoms with Gasteiger partial charge in [0.25, 0.3) is 0 Å². The minimum absolute atomic E-state index is 0.117. The van der Waals surface area contributed by atoms with E-state index >= 15 is 0 Å². The van der Waals surface area contributed by atoms with Gasteiger partial charge in [-0.25, -0.2) is 9.79 Å². The second-order valence-corrected chi connectivity index (χ2v) is 7.12. The molecule has 0 aromatic heterocycles. The van der Waals surface area contributed by atoms with Crippen molar-refractivity contribution in [2.75, 3.05) is 7.11 Å². The fourth-order valence-corrected chi connectivity index (χ4v) is 2.97. The number of carbonyl (C=O) groups is 2. The first kappa shape index (κ1) is 19.4. The number of methoxy groups -OCH3 is 1. The quantitative estimate of drug-likeness (QED) is 0.274. The second-order valence-electron chi connectivity index (χ2n) is 5.47. The van der Waals surface area contributed by atoms with Crippen molar-refractivity contribution < 1.29 is 23.8 Å². The highest BCUT2D eigenvalue weighted by Crippen LogP contribution is 2.37. The van der Waals surface area contributed by atoms with Gasteiger partial charge in [0.2, 0.25) is 5.90 Å². The van der Waals surface area contributed by atoms with E-state index < -0.39 is 11.9 Å². The number of carbonyl (C=O) groups excluding carboxylic acids is 2. The van der Waals surface area contributed by atoms with E-state index in [1.165, 1.54) is 20.1 Å². The first-order valence-corrected chi connectivity index (χ1v) is 9.17. The molecular formula is C19H13ClINO5. The minimum atomic E-state index is -0.567. The molecule has 8 heteroatoms. The molecule has 0 radical (unpaired) electrons. The van der Waals surface area contributed by atoms with Gasteiger partial charge >= 0.3 is 11.9 Å². The van der Waals surface area contributed by atoms with E-state index in [1.807, 2.05) is 24.3 Å². The Hall–Kier alpha value is -2.39. The highest BCUT2D eigenvalue weighted by molar-refractivity contribution is 14.1. The van der Waals surface area contributed by atoms with Crippen LogP contribution in [0.25, 0.3) is 6.08 Å². The van der Waals surface area contributed by atoms with E-state index in [0.717, 1.165) is 3.57 Å². The zero-order valence-electron chi connectivity index (χ0n) is 14.3. The molecule has 0 spiro atoms. The van der Waals surface area contributed by atoms with E-state index in [1.54, 1.807) is 12.1 Å². The zero-order chi connectivity index (χ0) is 19.6. The summed E-state index contributed by atoms with van der Waals surface area (Å²) >= 11 is 8.37. The van der Waals surface area contributed by atoms with E-state index in [0.29, 0.717) is 11.1 Å². The number of ether oxygens (including phenoxy) is 3. The summed E-state index contributed by atoms with van der Waals surface area (Å²) in [6, 6.07) is 10.6. The second kappa shape index (κ2) is 8.10. The van der Waals surface area contributed by atoms with Crippen LogP contribution in [0, 0.1) is 3.57 Å². The Morgan fingerprint density at radius 2 is 1.96 bits per heavy atom. The maximum Gasteiger partial charge on any atom is 0.363 e. The van der Waals surface area contributed by atoms with Gasteiger partial charge in [-0.1, -0.05) is 11.6 Å². The molecule has 0 N–H and O–H groups in total. The van der Waals surface area contributed by atoms with Crippen LogP contribution in [0.2, 0.25) is 5.02 Å². The molecule has 0 fully saturated rings. The lowest BCUT2D eigenvalue weighted by molar-refractivity contribution is -0.132. The normalized spacial score (nSPS) is 14.7. The molecule has 2 aromatic carbocycles. The summed E-state index contributed by atoms with van der Waals surface area (Å²) in [6.45, 7) is 1.26. The number of halogens is 2. The molecule has 138 valence electrons. The lowest BCUT2D eigenvalue weighted by Crippen LogP contribution is -2.05. The molecule has 27 heavy (non-hydrogen) atoms. The molecule has 0 aliphatic carbocycles. The fourth-order valence-electron chi connectivity index (χ4n) is 2.35. The van der Waals surface area contributed by atoms with E-state index in [4.69, 9.17) is 25.8 Å². The van der Waals surface area contributed by atoms with Gasteiger partial charge in [0.1, 0.15) is 0 Å². The van der Waals surface area contributed by atoms with Crippen molar-refractivity contribution in [1.82, 2.24) is 0 Å². The Morgan fingerprint density at radius 1 is 1.26 bits per heavy atom. The molecule has 0 bridgehead atoms. The van der Waals surface area contributed by atoms with Crippen molar-refractivity contribution in [2.24, 2.45) is 4.99 Å². The fraction of sp³-hybridized carbons (Fsp3) is 0.105.